The molecule has 0 amide bonds. The Kier molecular flexibility index (Phi) is 3.83. The number of benzene rings is 1. The van der Waals surface area contributed by atoms with Gasteiger partial charge in [0.2, 0.25) is 0 Å². The minimum atomic E-state index is -0.585. The van der Waals surface area contributed by atoms with Crippen LogP contribution in [0.4, 0.5) is 10.1 Å². The third kappa shape index (κ3) is 2.95. The fraction of sp³-hybridized carbons (Fsp3) is 0.375. The number of hydrogen-bond acceptors (Lipinski definition) is 4. The molecule has 2 aromatic rings. The second kappa shape index (κ2) is 5.79. The smallest absolute Gasteiger partial charge is 0.338 e. The number of ether oxygens (including phenoxy) is 1. The summed E-state index contributed by atoms with van der Waals surface area (Å²) in [6, 6.07) is 2.64. The Morgan fingerprint density at radius 1 is 1.50 bits per heavy atom. The summed E-state index contributed by atoms with van der Waals surface area (Å²) in [5, 5.41) is 4.25. The summed E-state index contributed by atoms with van der Waals surface area (Å²) in [6.07, 6.45) is 5.74. The number of hydrogen-bond donors (Lipinski definition) is 1. The van der Waals surface area contributed by atoms with Crippen molar-refractivity contribution in [1.82, 2.24) is 9.78 Å². The van der Waals surface area contributed by atoms with Crippen LogP contribution >= 0.6 is 0 Å². The summed E-state index contributed by atoms with van der Waals surface area (Å²) in [5.74, 6) is -0.471. The molecule has 1 aliphatic carbocycles. The van der Waals surface area contributed by atoms with Crippen molar-refractivity contribution in [2.24, 2.45) is 5.92 Å². The van der Waals surface area contributed by atoms with Crippen LogP contribution in [-0.4, -0.2) is 22.4 Å². The van der Waals surface area contributed by atoms with Crippen molar-refractivity contribution < 1.29 is 13.9 Å². The van der Waals surface area contributed by atoms with Gasteiger partial charge in [0.05, 0.1) is 18.4 Å². The second-order valence-electron chi connectivity index (χ2n) is 5.54. The van der Waals surface area contributed by atoms with Crippen LogP contribution < -0.4 is 5.73 Å². The van der Waals surface area contributed by atoms with E-state index in [9.17, 15) is 9.18 Å². The highest BCUT2D eigenvalue weighted by Gasteiger charge is 2.24. The number of nitrogens with two attached hydrogens (primary N) is 1. The van der Waals surface area contributed by atoms with Crippen molar-refractivity contribution in [2.75, 3.05) is 12.3 Å². The monoisotopic (exact) mass is 303 g/mol. The van der Waals surface area contributed by atoms with E-state index in [2.05, 4.69) is 5.10 Å². The molecule has 0 atom stereocenters. The molecule has 1 aliphatic rings. The number of anilines is 1. The van der Waals surface area contributed by atoms with Gasteiger partial charge in [-0.3, -0.25) is 4.68 Å². The highest BCUT2D eigenvalue weighted by Crippen LogP contribution is 2.32. The molecule has 6 heteroatoms. The molecule has 0 aliphatic heterocycles. The largest absolute Gasteiger partial charge is 0.462 e. The molecule has 1 saturated carbocycles. The molecule has 116 valence electrons. The van der Waals surface area contributed by atoms with Crippen LogP contribution in [0.5, 0.6) is 0 Å². The van der Waals surface area contributed by atoms with Crippen LogP contribution in [0.25, 0.3) is 11.1 Å². The Labute approximate surface area is 127 Å². The van der Waals surface area contributed by atoms with Crippen LogP contribution in [-0.2, 0) is 11.3 Å². The normalized spacial score (nSPS) is 14.1. The highest BCUT2D eigenvalue weighted by atomic mass is 19.1. The van der Waals surface area contributed by atoms with Gasteiger partial charge in [0.1, 0.15) is 5.82 Å². The molecule has 1 heterocycles. The van der Waals surface area contributed by atoms with Crippen molar-refractivity contribution in [2.45, 2.75) is 26.3 Å². The maximum Gasteiger partial charge on any atom is 0.338 e. The zero-order valence-electron chi connectivity index (χ0n) is 12.4. The number of carbonyl (C=O) groups excluding carboxylic acids is 1. The van der Waals surface area contributed by atoms with E-state index in [1.165, 1.54) is 25.0 Å². The summed E-state index contributed by atoms with van der Waals surface area (Å²) in [6.45, 7) is 2.74. The van der Waals surface area contributed by atoms with E-state index in [-0.39, 0.29) is 23.4 Å². The molecule has 0 unspecified atom stereocenters. The maximum atomic E-state index is 14.4. The molecule has 1 aromatic heterocycles. The van der Waals surface area contributed by atoms with Gasteiger partial charge in [-0.25, -0.2) is 9.18 Å². The summed E-state index contributed by atoms with van der Waals surface area (Å²) in [5.41, 5.74) is 6.72. The van der Waals surface area contributed by atoms with Gasteiger partial charge in [-0.05, 0) is 37.8 Å². The Bertz CT molecular complexity index is 707. The average molecular weight is 303 g/mol. The molecule has 1 aromatic carbocycles. The van der Waals surface area contributed by atoms with Crippen LogP contribution in [0.1, 0.15) is 30.1 Å². The van der Waals surface area contributed by atoms with E-state index < -0.39 is 11.8 Å². The number of esters is 1. The van der Waals surface area contributed by atoms with Crippen molar-refractivity contribution in [3.05, 3.63) is 35.9 Å². The van der Waals surface area contributed by atoms with Gasteiger partial charge in [0.25, 0.3) is 0 Å². The van der Waals surface area contributed by atoms with Crippen LogP contribution in [0.3, 0.4) is 0 Å². The van der Waals surface area contributed by atoms with Gasteiger partial charge >= 0.3 is 5.97 Å². The number of carbonyl (C=O) groups is 1. The second-order valence-corrected chi connectivity index (χ2v) is 5.54. The first-order valence-corrected chi connectivity index (χ1v) is 7.37. The van der Waals surface area contributed by atoms with Crippen LogP contribution in [0, 0.1) is 11.7 Å². The van der Waals surface area contributed by atoms with Gasteiger partial charge < -0.3 is 10.5 Å². The molecule has 22 heavy (non-hydrogen) atoms. The highest BCUT2D eigenvalue weighted by molar-refractivity contribution is 5.98. The minimum absolute atomic E-state index is 0.130. The number of rotatable bonds is 5. The predicted octanol–water partition coefficient (Wildman–Crippen LogP) is 2.86. The minimum Gasteiger partial charge on any atom is -0.462 e. The molecule has 5 nitrogen and oxygen atoms in total. The molecule has 3 rings (SSSR count). The molecular formula is C16H18FN3O2. The van der Waals surface area contributed by atoms with Gasteiger partial charge in [-0.15, -0.1) is 0 Å². The third-order valence-electron chi connectivity index (χ3n) is 3.67. The number of nitrogens with zero attached hydrogens (tertiary/aromatic N) is 2. The first-order chi connectivity index (χ1) is 10.6. The molecule has 0 radical (unpaired) electrons. The molecular weight excluding hydrogens is 285 g/mol. The van der Waals surface area contributed by atoms with E-state index >= 15 is 0 Å². The Morgan fingerprint density at radius 3 is 2.95 bits per heavy atom. The predicted molar refractivity (Wildman–Crippen MR) is 80.7 cm³/mol. The summed E-state index contributed by atoms with van der Waals surface area (Å²) in [4.78, 5) is 12.1. The summed E-state index contributed by atoms with van der Waals surface area (Å²) < 4.78 is 21.1. The molecule has 0 bridgehead atoms. The van der Waals surface area contributed by atoms with E-state index in [1.54, 1.807) is 24.0 Å². The van der Waals surface area contributed by atoms with Crippen molar-refractivity contribution in [3.63, 3.8) is 0 Å². The van der Waals surface area contributed by atoms with Crippen molar-refractivity contribution >= 4 is 11.7 Å². The van der Waals surface area contributed by atoms with Crippen molar-refractivity contribution in [1.29, 1.82) is 0 Å². The summed E-state index contributed by atoms with van der Waals surface area (Å²) >= 11 is 0. The fourth-order valence-corrected chi connectivity index (χ4v) is 2.45. The van der Waals surface area contributed by atoms with Crippen LogP contribution in [0.2, 0.25) is 0 Å². The fourth-order valence-electron chi connectivity index (χ4n) is 2.45. The van der Waals surface area contributed by atoms with Gasteiger partial charge in [-0.1, -0.05) is 0 Å². The Balaban J connectivity index is 2.00. The lowest BCUT2D eigenvalue weighted by Crippen LogP contribution is -2.08. The number of aromatic nitrogens is 2. The lowest BCUT2D eigenvalue weighted by atomic mass is 10.0. The van der Waals surface area contributed by atoms with Gasteiger partial charge in [0, 0.05) is 29.6 Å². The zero-order chi connectivity index (χ0) is 15.7. The van der Waals surface area contributed by atoms with Gasteiger partial charge in [0.15, 0.2) is 0 Å². The average Bonchev–Trinajstić information content (AvgIpc) is 3.15. The van der Waals surface area contributed by atoms with E-state index in [0.717, 1.165) is 6.54 Å². The van der Waals surface area contributed by atoms with Crippen molar-refractivity contribution in [3.8, 4) is 11.1 Å². The first-order valence-electron chi connectivity index (χ1n) is 7.37. The standard InChI is InChI=1S/C16H18FN3O2/c1-2-22-16(21)13-5-12(18)6-14(17)15(13)11-7-19-20(9-11)8-10-3-4-10/h5-7,9-10H,2-4,8,18H2,1H3. The van der Waals surface area contributed by atoms with E-state index in [0.29, 0.717) is 11.5 Å². The van der Waals surface area contributed by atoms with Gasteiger partial charge in [-0.2, -0.15) is 5.10 Å². The SMILES string of the molecule is CCOC(=O)c1cc(N)cc(F)c1-c1cnn(CC2CC2)c1. The Hall–Kier alpha value is -2.37. The molecule has 0 saturated heterocycles. The summed E-state index contributed by atoms with van der Waals surface area (Å²) in [7, 11) is 0. The lowest BCUT2D eigenvalue weighted by molar-refractivity contribution is 0.0527. The Morgan fingerprint density at radius 2 is 2.27 bits per heavy atom. The topological polar surface area (TPSA) is 70.1 Å². The first kappa shape index (κ1) is 14.6. The molecule has 0 spiro atoms. The van der Waals surface area contributed by atoms with Crippen LogP contribution in [0.15, 0.2) is 24.5 Å². The zero-order valence-corrected chi connectivity index (χ0v) is 12.4. The maximum absolute atomic E-state index is 14.4. The van der Waals surface area contributed by atoms with E-state index in [4.69, 9.17) is 10.5 Å². The quantitative estimate of drug-likeness (QED) is 0.681. The number of nitrogen functional groups attached to an aromatic ring is 1. The number of halogens is 1. The lowest BCUT2D eigenvalue weighted by Gasteiger charge is -2.10. The third-order valence-corrected chi connectivity index (χ3v) is 3.67. The molecule has 1 fully saturated rings. The molecule has 2 N–H and O–H groups in total. The van der Waals surface area contributed by atoms with E-state index in [1.807, 2.05) is 0 Å².